The van der Waals surface area contributed by atoms with Crippen LogP contribution in [0, 0.1) is 5.92 Å². The molecule has 0 unspecified atom stereocenters. The van der Waals surface area contributed by atoms with Gasteiger partial charge in [-0.15, -0.1) is 0 Å². The van der Waals surface area contributed by atoms with Crippen LogP contribution in [0.5, 0.6) is 0 Å². The third kappa shape index (κ3) is 6.00. The van der Waals surface area contributed by atoms with Crippen molar-refractivity contribution in [2.75, 3.05) is 11.9 Å². The molecule has 144 valence electrons. The largest absolute Gasteiger partial charge is 0.312 e. The first kappa shape index (κ1) is 20.7. The zero-order chi connectivity index (χ0) is 18.9. The standard InChI is InChI=1S/C24H37NO/c1-5-6-7-8-9-10-20-11-13-21(14-12-20)22-15-17-23(18-16-22)25(4)24(26)19(2)3/h15-18,20-21H,2,5-14H2,1,3-4H3. The number of unbranched alkanes of at least 4 members (excludes halogenated alkanes) is 4. The topological polar surface area (TPSA) is 20.3 Å². The Morgan fingerprint density at radius 2 is 1.65 bits per heavy atom. The second kappa shape index (κ2) is 10.5. The molecule has 0 aromatic heterocycles. The summed E-state index contributed by atoms with van der Waals surface area (Å²) in [7, 11) is 1.82. The number of anilines is 1. The van der Waals surface area contributed by atoms with Crippen molar-refractivity contribution in [3.8, 4) is 0 Å². The van der Waals surface area contributed by atoms with E-state index in [2.05, 4.69) is 37.8 Å². The van der Waals surface area contributed by atoms with E-state index in [0.29, 0.717) is 11.5 Å². The van der Waals surface area contributed by atoms with Gasteiger partial charge in [-0.3, -0.25) is 4.79 Å². The number of carbonyl (C=O) groups is 1. The molecule has 0 spiro atoms. The van der Waals surface area contributed by atoms with E-state index in [4.69, 9.17) is 0 Å². The average Bonchev–Trinajstić information content (AvgIpc) is 2.67. The summed E-state index contributed by atoms with van der Waals surface area (Å²) in [5, 5.41) is 0. The molecule has 1 fully saturated rings. The second-order valence-corrected chi connectivity index (χ2v) is 8.16. The fourth-order valence-electron chi connectivity index (χ4n) is 4.19. The van der Waals surface area contributed by atoms with Gasteiger partial charge in [0.2, 0.25) is 0 Å². The smallest absolute Gasteiger partial charge is 0.253 e. The molecular weight excluding hydrogens is 318 g/mol. The van der Waals surface area contributed by atoms with Crippen LogP contribution < -0.4 is 4.90 Å². The molecule has 1 saturated carbocycles. The fourth-order valence-corrected chi connectivity index (χ4v) is 4.19. The molecule has 2 rings (SSSR count). The molecule has 2 nitrogen and oxygen atoms in total. The second-order valence-electron chi connectivity index (χ2n) is 8.16. The van der Waals surface area contributed by atoms with E-state index < -0.39 is 0 Å². The molecule has 0 bridgehead atoms. The molecule has 0 N–H and O–H groups in total. The Morgan fingerprint density at radius 1 is 1.04 bits per heavy atom. The molecule has 1 aromatic rings. The van der Waals surface area contributed by atoms with Crippen LogP contribution in [0.3, 0.4) is 0 Å². The summed E-state index contributed by atoms with van der Waals surface area (Å²) in [6.45, 7) is 7.79. The van der Waals surface area contributed by atoms with E-state index in [9.17, 15) is 4.79 Å². The van der Waals surface area contributed by atoms with E-state index >= 15 is 0 Å². The van der Waals surface area contributed by atoms with Gasteiger partial charge in [-0.05, 0) is 62.1 Å². The van der Waals surface area contributed by atoms with Crippen molar-refractivity contribution in [3.63, 3.8) is 0 Å². The van der Waals surface area contributed by atoms with Gasteiger partial charge in [0.25, 0.3) is 5.91 Å². The molecule has 0 aliphatic heterocycles. The van der Waals surface area contributed by atoms with Gasteiger partial charge in [0, 0.05) is 18.3 Å². The highest BCUT2D eigenvalue weighted by molar-refractivity contribution is 6.04. The van der Waals surface area contributed by atoms with E-state index in [1.165, 1.54) is 69.8 Å². The minimum absolute atomic E-state index is 0.0165. The van der Waals surface area contributed by atoms with Crippen molar-refractivity contribution in [2.24, 2.45) is 5.92 Å². The van der Waals surface area contributed by atoms with Crippen molar-refractivity contribution >= 4 is 11.6 Å². The van der Waals surface area contributed by atoms with Crippen molar-refractivity contribution in [2.45, 2.75) is 84.0 Å². The first-order chi connectivity index (χ1) is 12.5. The van der Waals surface area contributed by atoms with E-state index in [1.807, 2.05) is 7.05 Å². The Morgan fingerprint density at radius 3 is 2.23 bits per heavy atom. The summed E-state index contributed by atoms with van der Waals surface area (Å²) in [6, 6.07) is 8.59. The minimum Gasteiger partial charge on any atom is -0.312 e. The van der Waals surface area contributed by atoms with E-state index in [-0.39, 0.29) is 5.91 Å². The predicted molar refractivity (Wildman–Crippen MR) is 113 cm³/mol. The highest BCUT2D eigenvalue weighted by atomic mass is 16.2. The van der Waals surface area contributed by atoms with Crippen LogP contribution in [0.15, 0.2) is 36.4 Å². The first-order valence-corrected chi connectivity index (χ1v) is 10.6. The van der Waals surface area contributed by atoms with Crippen LogP contribution in [0.25, 0.3) is 0 Å². The summed E-state index contributed by atoms with van der Waals surface area (Å²) in [6.07, 6.45) is 13.8. The SMILES string of the molecule is C=C(C)C(=O)N(C)c1ccc(C2CCC(CCCCCCC)CC2)cc1. The average molecular weight is 356 g/mol. The Balaban J connectivity index is 1.78. The number of rotatable bonds is 9. The molecule has 1 amide bonds. The number of hydrogen-bond donors (Lipinski definition) is 0. The first-order valence-electron chi connectivity index (χ1n) is 10.6. The summed E-state index contributed by atoms with van der Waals surface area (Å²) < 4.78 is 0. The summed E-state index contributed by atoms with van der Waals surface area (Å²) >= 11 is 0. The van der Waals surface area contributed by atoms with Gasteiger partial charge in [0.05, 0.1) is 0 Å². The van der Waals surface area contributed by atoms with Crippen molar-refractivity contribution < 1.29 is 4.79 Å². The van der Waals surface area contributed by atoms with Crippen LogP contribution in [-0.2, 0) is 4.79 Å². The number of benzene rings is 1. The monoisotopic (exact) mass is 355 g/mol. The number of amides is 1. The molecule has 0 saturated heterocycles. The number of likely N-dealkylation sites (N-methyl/N-ethyl adjacent to an activating group) is 1. The van der Waals surface area contributed by atoms with Crippen LogP contribution in [0.4, 0.5) is 5.69 Å². The molecule has 1 aromatic carbocycles. The van der Waals surface area contributed by atoms with Gasteiger partial charge in [0.15, 0.2) is 0 Å². The van der Waals surface area contributed by atoms with Gasteiger partial charge < -0.3 is 4.90 Å². The summed E-state index contributed by atoms with van der Waals surface area (Å²) in [4.78, 5) is 13.7. The minimum atomic E-state index is -0.0165. The lowest BCUT2D eigenvalue weighted by molar-refractivity contribution is -0.114. The lowest BCUT2D eigenvalue weighted by Gasteiger charge is -2.29. The van der Waals surface area contributed by atoms with Crippen LogP contribution in [-0.4, -0.2) is 13.0 Å². The van der Waals surface area contributed by atoms with Gasteiger partial charge in [-0.1, -0.05) is 64.2 Å². The van der Waals surface area contributed by atoms with Gasteiger partial charge >= 0.3 is 0 Å². The molecule has 26 heavy (non-hydrogen) atoms. The zero-order valence-corrected chi connectivity index (χ0v) is 17.1. The van der Waals surface area contributed by atoms with Crippen LogP contribution >= 0.6 is 0 Å². The Kier molecular flexibility index (Phi) is 8.41. The maximum absolute atomic E-state index is 12.0. The zero-order valence-electron chi connectivity index (χ0n) is 17.1. The third-order valence-electron chi connectivity index (χ3n) is 5.98. The molecule has 0 atom stereocenters. The van der Waals surface area contributed by atoms with Crippen LogP contribution in [0.2, 0.25) is 0 Å². The van der Waals surface area contributed by atoms with E-state index in [1.54, 1.807) is 11.8 Å². The number of hydrogen-bond acceptors (Lipinski definition) is 1. The fraction of sp³-hybridized carbons (Fsp3) is 0.625. The molecular formula is C24H37NO. The molecule has 0 heterocycles. The Hall–Kier alpha value is -1.57. The lowest BCUT2D eigenvalue weighted by Crippen LogP contribution is -2.26. The van der Waals surface area contributed by atoms with Gasteiger partial charge in [0.1, 0.15) is 0 Å². The maximum Gasteiger partial charge on any atom is 0.253 e. The highest BCUT2D eigenvalue weighted by Gasteiger charge is 2.22. The van der Waals surface area contributed by atoms with Crippen molar-refractivity contribution in [3.05, 3.63) is 42.0 Å². The Labute approximate surface area is 160 Å². The van der Waals surface area contributed by atoms with Gasteiger partial charge in [-0.25, -0.2) is 0 Å². The lowest BCUT2D eigenvalue weighted by atomic mass is 9.77. The summed E-state index contributed by atoms with van der Waals surface area (Å²) in [5.74, 6) is 1.63. The van der Waals surface area contributed by atoms with Crippen molar-refractivity contribution in [1.29, 1.82) is 0 Å². The van der Waals surface area contributed by atoms with Crippen molar-refractivity contribution in [1.82, 2.24) is 0 Å². The normalized spacial score (nSPS) is 20.0. The maximum atomic E-state index is 12.0. The predicted octanol–water partition coefficient (Wildman–Crippen LogP) is 6.86. The molecule has 1 aliphatic carbocycles. The quantitative estimate of drug-likeness (QED) is 0.350. The molecule has 2 heteroatoms. The molecule has 0 radical (unpaired) electrons. The van der Waals surface area contributed by atoms with Gasteiger partial charge in [-0.2, -0.15) is 0 Å². The highest BCUT2D eigenvalue weighted by Crippen LogP contribution is 2.38. The Bertz CT molecular complexity index is 566. The number of carbonyl (C=O) groups excluding carboxylic acids is 1. The summed E-state index contributed by atoms with van der Waals surface area (Å²) in [5.41, 5.74) is 2.96. The third-order valence-corrected chi connectivity index (χ3v) is 5.98. The van der Waals surface area contributed by atoms with Crippen LogP contribution in [0.1, 0.15) is 89.5 Å². The number of nitrogens with zero attached hydrogens (tertiary/aromatic N) is 1. The molecule has 1 aliphatic rings. The van der Waals surface area contributed by atoms with E-state index in [0.717, 1.165) is 11.6 Å².